The maximum absolute atomic E-state index is 8.99. The van der Waals surface area contributed by atoms with E-state index < -0.39 is 0 Å². The third-order valence-corrected chi connectivity index (χ3v) is 3.91. The van der Waals surface area contributed by atoms with Crippen LogP contribution >= 0.6 is 0 Å². The van der Waals surface area contributed by atoms with Gasteiger partial charge in [0, 0.05) is 31.4 Å². The number of fused-ring (bicyclic) bond motifs is 1. The third-order valence-electron chi connectivity index (χ3n) is 3.91. The molecule has 1 aromatic rings. The van der Waals surface area contributed by atoms with Gasteiger partial charge in [-0.15, -0.1) is 0 Å². The Labute approximate surface area is 116 Å². The van der Waals surface area contributed by atoms with E-state index in [4.69, 9.17) is 5.11 Å². The number of anilines is 1. The van der Waals surface area contributed by atoms with E-state index in [-0.39, 0.29) is 6.61 Å². The third kappa shape index (κ3) is 3.48. The van der Waals surface area contributed by atoms with Crippen LogP contribution in [0.1, 0.15) is 43.9 Å². The first-order valence-corrected chi connectivity index (χ1v) is 7.48. The summed E-state index contributed by atoms with van der Waals surface area (Å²) in [7, 11) is 0. The summed E-state index contributed by atoms with van der Waals surface area (Å²) >= 11 is 0. The SMILES string of the molecule is CCNC(C)c1ccc2c(c1)CCCN2CCCO. The zero-order valence-corrected chi connectivity index (χ0v) is 12.2. The van der Waals surface area contributed by atoms with Crippen molar-refractivity contribution < 1.29 is 5.11 Å². The van der Waals surface area contributed by atoms with Gasteiger partial charge < -0.3 is 15.3 Å². The van der Waals surface area contributed by atoms with E-state index in [0.29, 0.717) is 6.04 Å². The van der Waals surface area contributed by atoms with E-state index in [1.807, 2.05) is 0 Å². The lowest BCUT2D eigenvalue weighted by Crippen LogP contribution is -2.31. The predicted molar refractivity (Wildman–Crippen MR) is 80.8 cm³/mol. The zero-order chi connectivity index (χ0) is 13.7. The average Bonchev–Trinajstić information content (AvgIpc) is 2.44. The van der Waals surface area contributed by atoms with Gasteiger partial charge in [-0.2, -0.15) is 0 Å². The van der Waals surface area contributed by atoms with Crippen LogP contribution in [-0.2, 0) is 6.42 Å². The molecule has 0 fully saturated rings. The van der Waals surface area contributed by atoms with Crippen molar-refractivity contribution in [2.24, 2.45) is 0 Å². The molecule has 1 aliphatic heterocycles. The molecule has 0 spiro atoms. The molecule has 0 aromatic heterocycles. The molecular formula is C16H26N2O. The van der Waals surface area contributed by atoms with Gasteiger partial charge in [-0.05, 0) is 49.9 Å². The van der Waals surface area contributed by atoms with Crippen LogP contribution in [0.25, 0.3) is 0 Å². The van der Waals surface area contributed by atoms with Crippen molar-refractivity contribution in [1.29, 1.82) is 0 Å². The molecule has 3 nitrogen and oxygen atoms in total. The summed E-state index contributed by atoms with van der Waals surface area (Å²) in [5.41, 5.74) is 4.21. The van der Waals surface area contributed by atoms with Crippen molar-refractivity contribution in [3.8, 4) is 0 Å². The van der Waals surface area contributed by atoms with E-state index in [9.17, 15) is 0 Å². The second-order valence-corrected chi connectivity index (χ2v) is 5.34. The highest BCUT2D eigenvalue weighted by Gasteiger charge is 2.17. The Morgan fingerprint density at radius 2 is 2.26 bits per heavy atom. The predicted octanol–water partition coefficient (Wildman–Crippen LogP) is 2.49. The Morgan fingerprint density at radius 1 is 1.42 bits per heavy atom. The van der Waals surface area contributed by atoms with Crippen LogP contribution in [0.4, 0.5) is 5.69 Å². The Balaban J connectivity index is 2.15. The number of hydrogen-bond donors (Lipinski definition) is 2. The Hall–Kier alpha value is -1.06. The van der Waals surface area contributed by atoms with Crippen LogP contribution in [-0.4, -0.2) is 31.3 Å². The molecule has 0 amide bonds. The minimum absolute atomic E-state index is 0.279. The fourth-order valence-electron chi connectivity index (χ4n) is 2.88. The van der Waals surface area contributed by atoms with Gasteiger partial charge in [0.25, 0.3) is 0 Å². The summed E-state index contributed by atoms with van der Waals surface area (Å²) in [6.45, 7) is 7.73. The van der Waals surface area contributed by atoms with E-state index in [2.05, 4.69) is 42.3 Å². The van der Waals surface area contributed by atoms with Crippen molar-refractivity contribution in [3.05, 3.63) is 29.3 Å². The Kier molecular flexibility index (Phi) is 5.23. The fourth-order valence-corrected chi connectivity index (χ4v) is 2.88. The van der Waals surface area contributed by atoms with Crippen LogP contribution in [0.15, 0.2) is 18.2 Å². The van der Waals surface area contributed by atoms with Gasteiger partial charge in [0.05, 0.1) is 0 Å². The number of rotatable bonds is 6. The van der Waals surface area contributed by atoms with Gasteiger partial charge in [-0.1, -0.05) is 19.1 Å². The van der Waals surface area contributed by atoms with Gasteiger partial charge in [-0.25, -0.2) is 0 Å². The summed E-state index contributed by atoms with van der Waals surface area (Å²) in [4.78, 5) is 2.41. The highest BCUT2D eigenvalue weighted by Crippen LogP contribution is 2.29. The lowest BCUT2D eigenvalue weighted by molar-refractivity contribution is 0.289. The molecule has 19 heavy (non-hydrogen) atoms. The van der Waals surface area contributed by atoms with Gasteiger partial charge in [0.15, 0.2) is 0 Å². The number of aliphatic hydroxyl groups excluding tert-OH is 1. The van der Waals surface area contributed by atoms with Crippen LogP contribution < -0.4 is 10.2 Å². The summed E-state index contributed by atoms with van der Waals surface area (Å²) < 4.78 is 0. The molecule has 0 bridgehead atoms. The topological polar surface area (TPSA) is 35.5 Å². The van der Waals surface area contributed by atoms with Gasteiger partial charge in [-0.3, -0.25) is 0 Å². The maximum Gasteiger partial charge on any atom is 0.0447 e. The van der Waals surface area contributed by atoms with E-state index in [1.165, 1.54) is 29.7 Å². The number of aliphatic hydroxyl groups is 1. The molecule has 2 N–H and O–H groups in total. The normalized spacial score (nSPS) is 16.3. The molecule has 1 aromatic carbocycles. The van der Waals surface area contributed by atoms with Crippen molar-refractivity contribution >= 4 is 5.69 Å². The summed E-state index contributed by atoms with van der Waals surface area (Å²) in [5, 5.41) is 12.5. The summed E-state index contributed by atoms with van der Waals surface area (Å²) in [6.07, 6.45) is 3.25. The molecule has 0 aliphatic carbocycles. The Morgan fingerprint density at radius 3 is 3.00 bits per heavy atom. The van der Waals surface area contributed by atoms with Crippen molar-refractivity contribution in [2.45, 2.75) is 39.2 Å². The molecule has 1 atom stereocenters. The highest BCUT2D eigenvalue weighted by atomic mass is 16.3. The first kappa shape index (κ1) is 14.4. The smallest absolute Gasteiger partial charge is 0.0447 e. The van der Waals surface area contributed by atoms with E-state index in [1.54, 1.807) is 0 Å². The number of hydrogen-bond acceptors (Lipinski definition) is 3. The second kappa shape index (κ2) is 6.92. The molecule has 0 saturated heterocycles. The summed E-state index contributed by atoms with van der Waals surface area (Å²) in [5.74, 6) is 0. The fraction of sp³-hybridized carbons (Fsp3) is 0.625. The second-order valence-electron chi connectivity index (χ2n) is 5.34. The Bertz CT molecular complexity index is 406. The lowest BCUT2D eigenvalue weighted by Gasteiger charge is -2.32. The van der Waals surface area contributed by atoms with E-state index >= 15 is 0 Å². The minimum atomic E-state index is 0.279. The van der Waals surface area contributed by atoms with Crippen molar-refractivity contribution in [3.63, 3.8) is 0 Å². The minimum Gasteiger partial charge on any atom is -0.396 e. The molecule has 1 aliphatic rings. The number of aryl methyl sites for hydroxylation is 1. The number of nitrogens with one attached hydrogen (secondary N) is 1. The highest BCUT2D eigenvalue weighted by molar-refractivity contribution is 5.57. The van der Waals surface area contributed by atoms with Crippen LogP contribution in [0.3, 0.4) is 0 Å². The monoisotopic (exact) mass is 262 g/mol. The standard InChI is InChI=1S/C16H26N2O/c1-3-17-13(2)14-7-8-16-15(12-14)6-4-9-18(16)10-5-11-19/h7-8,12-13,17,19H,3-6,9-11H2,1-2H3. The number of nitrogens with zero attached hydrogens (tertiary/aromatic N) is 1. The molecular weight excluding hydrogens is 236 g/mol. The first-order chi connectivity index (χ1) is 9.26. The molecule has 0 saturated carbocycles. The molecule has 0 radical (unpaired) electrons. The quantitative estimate of drug-likeness (QED) is 0.827. The van der Waals surface area contributed by atoms with Gasteiger partial charge in [0.2, 0.25) is 0 Å². The maximum atomic E-state index is 8.99. The molecule has 3 heteroatoms. The van der Waals surface area contributed by atoms with Gasteiger partial charge in [0.1, 0.15) is 0 Å². The lowest BCUT2D eigenvalue weighted by atomic mass is 9.96. The van der Waals surface area contributed by atoms with Gasteiger partial charge >= 0.3 is 0 Å². The van der Waals surface area contributed by atoms with Crippen molar-refractivity contribution in [1.82, 2.24) is 5.32 Å². The molecule has 2 rings (SSSR count). The van der Waals surface area contributed by atoms with E-state index in [0.717, 1.165) is 26.1 Å². The zero-order valence-electron chi connectivity index (χ0n) is 12.2. The first-order valence-electron chi connectivity index (χ1n) is 7.48. The molecule has 1 heterocycles. The van der Waals surface area contributed by atoms with Crippen LogP contribution in [0, 0.1) is 0 Å². The molecule has 106 valence electrons. The van der Waals surface area contributed by atoms with Crippen LogP contribution in [0.5, 0.6) is 0 Å². The summed E-state index contributed by atoms with van der Waals surface area (Å²) in [6, 6.07) is 7.27. The largest absolute Gasteiger partial charge is 0.396 e. The number of benzene rings is 1. The average molecular weight is 262 g/mol. The van der Waals surface area contributed by atoms with Crippen LogP contribution in [0.2, 0.25) is 0 Å². The van der Waals surface area contributed by atoms with Crippen molar-refractivity contribution in [2.75, 3.05) is 31.1 Å². The molecule has 1 unspecified atom stereocenters.